The Balaban J connectivity index is 0.000000711. The third-order valence-corrected chi connectivity index (χ3v) is 9.09. The van der Waals surface area contributed by atoms with Crippen LogP contribution >= 0.6 is 34.1 Å². The molecule has 0 aliphatic carbocycles. The first-order chi connectivity index (χ1) is 30.2. The molecule has 0 saturated carbocycles. The average Bonchev–Trinajstić information content (AvgIpc) is 4.11. The molecular formula is C54H66Cl4Si2Zr2-6. The van der Waals surface area contributed by atoms with Crippen LogP contribution in [0.15, 0.2) is 146 Å². The monoisotopic (exact) mass is 1090 g/mol. The number of aryl methyl sites for hydroxylation is 4. The van der Waals surface area contributed by atoms with Crippen LogP contribution in [0.5, 0.6) is 0 Å². The molecule has 62 heavy (non-hydrogen) atoms. The standard InChI is InChI=1S/4C11H11.C6H12.2C2H5Si.4ClH.2Zr/c4*1-2-9-7-10-5-3-4-6-11(10)8-9;1-3-5-6-4-2;2*1-2-3;;;;;;/h4*3-8H,2H2,1H3;1-6H2;2*2H2,1H3;4*1H;;/q4*-1;-2;;;;;;;2*+2/p-4. The molecular weight excluding hydrogens is 1030 g/mol. The van der Waals surface area contributed by atoms with Crippen molar-refractivity contribution >= 4 is 97.6 Å². The summed E-state index contributed by atoms with van der Waals surface area (Å²) in [6.45, 7) is 20.2. The molecule has 0 atom stereocenters. The van der Waals surface area contributed by atoms with Crippen LogP contribution in [0.1, 0.15) is 89.5 Å². The molecule has 0 saturated heterocycles. The van der Waals surface area contributed by atoms with Gasteiger partial charge in [-0.15, -0.1) is 162 Å². The topological polar surface area (TPSA) is 0 Å². The van der Waals surface area contributed by atoms with E-state index in [0.29, 0.717) is 0 Å². The van der Waals surface area contributed by atoms with Crippen molar-refractivity contribution in [2.24, 2.45) is 0 Å². The van der Waals surface area contributed by atoms with E-state index in [4.69, 9.17) is 34.1 Å². The van der Waals surface area contributed by atoms with Crippen LogP contribution in [-0.4, -0.2) is 20.5 Å². The van der Waals surface area contributed by atoms with Gasteiger partial charge in [0.1, 0.15) is 0 Å². The summed E-state index contributed by atoms with van der Waals surface area (Å²) in [6.07, 6.45) is 9.14. The fraction of sp³-hybridized carbons (Fsp3) is 0.296. The maximum atomic E-state index is 4.93. The number of fused-ring (bicyclic) bond motifs is 4. The molecule has 0 bridgehead atoms. The van der Waals surface area contributed by atoms with E-state index >= 15 is 0 Å². The third kappa shape index (κ3) is 26.6. The summed E-state index contributed by atoms with van der Waals surface area (Å²) in [5.41, 5.74) is 5.75. The molecule has 0 aliphatic heterocycles. The Morgan fingerprint density at radius 3 is 0.726 bits per heavy atom. The van der Waals surface area contributed by atoms with Gasteiger partial charge in [-0.05, 0) is 25.7 Å². The van der Waals surface area contributed by atoms with Gasteiger partial charge in [-0.2, -0.15) is 37.1 Å². The van der Waals surface area contributed by atoms with Gasteiger partial charge in [0.2, 0.25) is 0 Å². The minimum atomic E-state index is -0.826. The van der Waals surface area contributed by atoms with E-state index in [1.54, 1.807) is 0 Å². The molecule has 0 fully saturated rings. The van der Waals surface area contributed by atoms with Gasteiger partial charge >= 0.3 is 75.7 Å². The van der Waals surface area contributed by atoms with Crippen molar-refractivity contribution < 1.29 is 41.7 Å². The number of hydrogen-bond acceptors (Lipinski definition) is 0. The molecule has 0 spiro atoms. The Hall–Kier alpha value is -1.32. The van der Waals surface area contributed by atoms with Gasteiger partial charge < -0.3 is 13.8 Å². The average molecular weight is 1100 g/mol. The van der Waals surface area contributed by atoms with Crippen LogP contribution in [0.2, 0.25) is 12.1 Å². The molecule has 8 aromatic rings. The first-order valence-corrected chi connectivity index (χ1v) is 35.6. The van der Waals surface area contributed by atoms with E-state index in [1.807, 2.05) is 13.8 Å². The van der Waals surface area contributed by atoms with Crippen molar-refractivity contribution in [1.29, 1.82) is 0 Å². The number of unbranched alkanes of at least 4 members (excludes halogenated alkanes) is 3. The zero-order chi connectivity index (χ0) is 46.4. The molecule has 332 valence electrons. The Morgan fingerprint density at radius 1 is 0.403 bits per heavy atom. The molecule has 0 N–H and O–H groups in total. The van der Waals surface area contributed by atoms with Crippen LogP contribution < -0.4 is 0 Å². The zero-order valence-corrected chi connectivity index (χ0v) is 47.8. The van der Waals surface area contributed by atoms with Crippen molar-refractivity contribution in [2.45, 2.75) is 105 Å². The first kappa shape index (κ1) is 60.7. The summed E-state index contributed by atoms with van der Waals surface area (Å²) in [6, 6.07) is 54.2. The van der Waals surface area contributed by atoms with E-state index in [2.05, 4.69) is 208 Å². The fourth-order valence-electron chi connectivity index (χ4n) is 6.03. The summed E-state index contributed by atoms with van der Waals surface area (Å²) in [4.78, 5) is 0. The van der Waals surface area contributed by atoms with Crippen LogP contribution in [0.4, 0.5) is 0 Å². The second-order valence-electron chi connectivity index (χ2n) is 13.6. The maximum absolute atomic E-state index is 4.93. The number of benzene rings is 4. The molecule has 0 heterocycles. The molecule has 0 nitrogen and oxygen atoms in total. The van der Waals surface area contributed by atoms with Gasteiger partial charge in [0.05, 0.1) is 0 Å². The van der Waals surface area contributed by atoms with Crippen LogP contribution in [0, 0.1) is 13.8 Å². The molecule has 8 heteroatoms. The van der Waals surface area contributed by atoms with E-state index in [1.165, 1.54) is 78.2 Å². The Bertz CT molecular complexity index is 1760. The van der Waals surface area contributed by atoms with E-state index in [9.17, 15) is 0 Å². The van der Waals surface area contributed by atoms with Crippen molar-refractivity contribution in [3.05, 3.63) is 182 Å². The predicted octanol–water partition coefficient (Wildman–Crippen LogP) is 18.6. The van der Waals surface area contributed by atoms with Gasteiger partial charge in [-0.3, -0.25) is 0 Å². The number of hydrogen-bond donors (Lipinski definition) is 0. The van der Waals surface area contributed by atoms with E-state index in [0.717, 1.165) is 50.6 Å². The van der Waals surface area contributed by atoms with Crippen molar-refractivity contribution in [1.82, 2.24) is 0 Å². The summed E-state index contributed by atoms with van der Waals surface area (Å²) in [5, 5.41) is 10.9. The number of halogens is 4. The molecule has 6 radical (unpaired) electrons. The van der Waals surface area contributed by atoms with Gasteiger partial charge in [0.15, 0.2) is 0 Å². The molecule has 0 aliphatic rings. The van der Waals surface area contributed by atoms with Gasteiger partial charge in [0.25, 0.3) is 0 Å². The summed E-state index contributed by atoms with van der Waals surface area (Å²) >= 11 is -1.65. The molecule has 8 aromatic carbocycles. The van der Waals surface area contributed by atoms with Gasteiger partial charge in [-0.1, -0.05) is 90.7 Å². The third-order valence-electron chi connectivity index (χ3n) is 9.09. The van der Waals surface area contributed by atoms with E-state index in [-0.39, 0.29) is 0 Å². The van der Waals surface area contributed by atoms with Crippen LogP contribution in [0.3, 0.4) is 0 Å². The van der Waals surface area contributed by atoms with Gasteiger partial charge in [0, 0.05) is 20.5 Å². The SMILES string of the molecule is CC[Si].CC[Si].CCc1cc2ccccc2[cH-]1.CCc1cc2ccccc2[cH-]1.CCc1cc2ccccc2[cH-]1.CCc1cc2ccccc2[cH-]1.[CH2-]CCCC[CH2-].[Cl][Zr][Cl].[Cl][Zr][Cl]. The Kier molecular flexibility index (Phi) is 40.3. The van der Waals surface area contributed by atoms with Crippen molar-refractivity contribution in [2.75, 3.05) is 0 Å². The summed E-state index contributed by atoms with van der Waals surface area (Å²) in [5.74, 6) is 0. The fourth-order valence-corrected chi connectivity index (χ4v) is 6.03. The normalized spacial score (nSPS) is 9.45. The quantitative estimate of drug-likeness (QED) is 0.0848. The molecule has 0 amide bonds. The van der Waals surface area contributed by atoms with E-state index < -0.39 is 41.7 Å². The second kappa shape index (κ2) is 41.1. The molecule has 0 unspecified atom stereocenters. The summed E-state index contributed by atoms with van der Waals surface area (Å²) < 4.78 is 0. The first-order valence-electron chi connectivity index (χ1n) is 21.5. The summed E-state index contributed by atoms with van der Waals surface area (Å²) in [7, 11) is 26.1. The molecule has 8 rings (SSSR count). The Labute approximate surface area is 421 Å². The minimum absolute atomic E-state index is 0.826. The second-order valence-corrected chi connectivity index (χ2v) is 22.5. The number of rotatable bonds is 7. The van der Waals surface area contributed by atoms with Crippen LogP contribution in [-0.2, 0) is 67.4 Å². The molecule has 0 aromatic heterocycles. The zero-order valence-electron chi connectivity index (χ0n) is 37.9. The predicted molar refractivity (Wildman–Crippen MR) is 281 cm³/mol. The van der Waals surface area contributed by atoms with Gasteiger partial charge in [-0.25, -0.2) is 0 Å². The van der Waals surface area contributed by atoms with Crippen molar-refractivity contribution in [3.8, 4) is 0 Å². The van der Waals surface area contributed by atoms with Crippen molar-refractivity contribution in [3.63, 3.8) is 0 Å². The van der Waals surface area contributed by atoms with Crippen LogP contribution in [0.25, 0.3) is 43.1 Å². The Morgan fingerprint density at radius 2 is 0.581 bits per heavy atom.